The Balaban J connectivity index is 1.03. The van der Waals surface area contributed by atoms with Crippen molar-refractivity contribution >= 4 is 114 Å². The lowest BCUT2D eigenvalue weighted by atomic mass is 9.97. The maximum Gasteiger partial charge on any atom is 0.145 e. The van der Waals surface area contributed by atoms with E-state index in [0.717, 1.165) is 83.3 Å². The molecular weight excluding hydrogens is 813 g/mol. The summed E-state index contributed by atoms with van der Waals surface area (Å²) < 4.78 is 18.6. The highest BCUT2D eigenvalue weighted by atomic mass is 32.1. The predicted octanol–water partition coefficient (Wildman–Crippen LogP) is 17.8. The molecule has 0 aliphatic heterocycles. The molecule has 0 saturated carbocycles. The van der Waals surface area contributed by atoms with Crippen LogP contribution in [0.3, 0.4) is 0 Å². The van der Waals surface area contributed by atoms with Crippen molar-refractivity contribution in [1.82, 2.24) is 4.57 Å². The maximum atomic E-state index is 6.99. The van der Waals surface area contributed by atoms with E-state index in [0.29, 0.717) is 0 Å². The molecule has 0 atom stereocenters. The van der Waals surface area contributed by atoms with Gasteiger partial charge in [-0.15, -0.1) is 11.3 Å². The Bertz CT molecular complexity index is 4170. The van der Waals surface area contributed by atoms with Crippen LogP contribution in [0.2, 0.25) is 0 Å². The van der Waals surface area contributed by atoms with Gasteiger partial charge < -0.3 is 18.3 Å². The summed E-state index contributed by atoms with van der Waals surface area (Å²) in [4.78, 5) is 2.38. The van der Waals surface area contributed by atoms with Gasteiger partial charge in [-0.05, 0) is 108 Å². The van der Waals surface area contributed by atoms with Crippen LogP contribution in [0.1, 0.15) is 0 Å². The molecule has 0 radical (unpaired) electrons. The zero-order valence-corrected chi connectivity index (χ0v) is 35.7. The summed E-state index contributed by atoms with van der Waals surface area (Å²) in [5.41, 5.74) is 14.1. The standard InChI is InChI=1S/C60H36N2O2S/c1-6-22-51-43(17-1)44-18-2-7-23-52(44)62(51)41-16-12-14-39(34-41)59-53(31-30-49-46-20-4-9-25-55(46)64-60(49)59)61(42-28-29-47-45-19-3-8-24-54(45)63-56(47)36-42)40-15-11-13-37(33-40)38-27-32-58-50(35-38)48-21-5-10-26-57(48)65-58/h1-36H. The van der Waals surface area contributed by atoms with Crippen LogP contribution in [0, 0.1) is 0 Å². The average Bonchev–Trinajstić information content (AvgIpc) is 4.13. The number of para-hydroxylation sites is 4. The summed E-state index contributed by atoms with van der Waals surface area (Å²) in [6.07, 6.45) is 0. The molecule has 0 N–H and O–H groups in total. The highest BCUT2D eigenvalue weighted by Crippen LogP contribution is 2.49. The molecule has 304 valence electrons. The summed E-state index contributed by atoms with van der Waals surface area (Å²) in [6, 6.07) is 78.6. The third-order valence-electron chi connectivity index (χ3n) is 13.2. The average molecular weight is 849 g/mol. The minimum absolute atomic E-state index is 0.833. The van der Waals surface area contributed by atoms with E-state index in [1.165, 1.54) is 47.5 Å². The minimum Gasteiger partial charge on any atom is -0.456 e. The second-order valence-electron chi connectivity index (χ2n) is 16.8. The molecule has 0 aliphatic carbocycles. The van der Waals surface area contributed by atoms with Gasteiger partial charge >= 0.3 is 0 Å². The summed E-state index contributed by atoms with van der Waals surface area (Å²) in [5, 5.41) is 9.37. The summed E-state index contributed by atoms with van der Waals surface area (Å²) >= 11 is 1.85. The predicted molar refractivity (Wildman–Crippen MR) is 274 cm³/mol. The summed E-state index contributed by atoms with van der Waals surface area (Å²) in [7, 11) is 0. The molecule has 0 fully saturated rings. The van der Waals surface area contributed by atoms with Gasteiger partial charge in [0.25, 0.3) is 0 Å². The molecule has 0 saturated heterocycles. The SMILES string of the molecule is c1cc(-c2ccc3sc4ccccc4c3c2)cc(N(c2ccc3c(c2)oc2ccccc23)c2ccc3c(oc4ccccc43)c2-c2cccc(-n3c4ccccc4c4ccccc43)c2)c1. The molecule has 4 nitrogen and oxygen atoms in total. The lowest BCUT2D eigenvalue weighted by Crippen LogP contribution is -2.11. The van der Waals surface area contributed by atoms with E-state index >= 15 is 0 Å². The van der Waals surface area contributed by atoms with Crippen LogP contribution in [0.4, 0.5) is 17.1 Å². The van der Waals surface area contributed by atoms with Crippen LogP contribution < -0.4 is 4.90 Å². The minimum atomic E-state index is 0.833. The number of fused-ring (bicyclic) bond motifs is 12. The van der Waals surface area contributed by atoms with E-state index in [1.807, 2.05) is 29.5 Å². The van der Waals surface area contributed by atoms with Crippen molar-refractivity contribution in [3.05, 3.63) is 218 Å². The van der Waals surface area contributed by atoms with Gasteiger partial charge in [0.1, 0.15) is 22.3 Å². The summed E-state index contributed by atoms with van der Waals surface area (Å²) in [5.74, 6) is 0. The van der Waals surface area contributed by atoms with Crippen LogP contribution in [-0.2, 0) is 0 Å². The third kappa shape index (κ3) is 5.56. The lowest BCUT2D eigenvalue weighted by Gasteiger charge is -2.28. The zero-order chi connectivity index (χ0) is 42.6. The van der Waals surface area contributed by atoms with E-state index in [1.54, 1.807) is 0 Å². The van der Waals surface area contributed by atoms with Crippen LogP contribution in [0.25, 0.3) is 114 Å². The number of aromatic nitrogens is 1. The molecule has 0 aliphatic rings. The quantitative estimate of drug-likeness (QED) is 0.167. The molecule has 65 heavy (non-hydrogen) atoms. The smallest absolute Gasteiger partial charge is 0.145 e. The van der Waals surface area contributed by atoms with Gasteiger partial charge in [0.2, 0.25) is 0 Å². The van der Waals surface area contributed by atoms with E-state index in [-0.39, 0.29) is 0 Å². The van der Waals surface area contributed by atoms with Gasteiger partial charge in [-0.2, -0.15) is 0 Å². The number of hydrogen-bond acceptors (Lipinski definition) is 4. The first-order valence-electron chi connectivity index (χ1n) is 22.0. The lowest BCUT2D eigenvalue weighted by molar-refractivity contribution is 0.669. The molecule has 0 spiro atoms. The van der Waals surface area contributed by atoms with Crippen LogP contribution >= 0.6 is 11.3 Å². The van der Waals surface area contributed by atoms with Crippen molar-refractivity contribution < 1.29 is 8.83 Å². The number of thiophene rings is 1. The number of anilines is 3. The van der Waals surface area contributed by atoms with E-state index in [4.69, 9.17) is 8.83 Å². The Morgan fingerprint density at radius 3 is 1.77 bits per heavy atom. The van der Waals surface area contributed by atoms with Gasteiger partial charge in [-0.25, -0.2) is 0 Å². The molecule has 0 amide bonds. The molecular formula is C60H36N2O2S. The van der Waals surface area contributed by atoms with Crippen LogP contribution in [0.15, 0.2) is 227 Å². The molecule has 14 rings (SSSR count). The van der Waals surface area contributed by atoms with Crippen molar-refractivity contribution in [1.29, 1.82) is 0 Å². The van der Waals surface area contributed by atoms with Gasteiger partial charge in [-0.1, -0.05) is 121 Å². The van der Waals surface area contributed by atoms with Crippen LogP contribution in [-0.4, -0.2) is 4.57 Å². The maximum absolute atomic E-state index is 6.99. The Morgan fingerprint density at radius 2 is 0.954 bits per heavy atom. The Morgan fingerprint density at radius 1 is 0.354 bits per heavy atom. The van der Waals surface area contributed by atoms with Gasteiger partial charge in [0.15, 0.2) is 0 Å². The highest BCUT2D eigenvalue weighted by Gasteiger charge is 2.25. The van der Waals surface area contributed by atoms with Crippen molar-refractivity contribution in [2.45, 2.75) is 0 Å². The largest absolute Gasteiger partial charge is 0.456 e. The molecule has 14 aromatic rings. The fourth-order valence-electron chi connectivity index (χ4n) is 10.3. The second-order valence-corrected chi connectivity index (χ2v) is 17.9. The number of hydrogen-bond donors (Lipinski definition) is 0. The fourth-order valence-corrected chi connectivity index (χ4v) is 11.3. The van der Waals surface area contributed by atoms with Crippen molar-refractivity contribution in [3.8, 4) is 27.9 Å². The van der Waals surface area contributed by atoms with Crippen molar-refractivity contribution in [2.24, 2.45) is 0 Å². The molecule has 0 bridgehead atoms. The van der Waals surface area contributed by atoms with Crippen molar-refractivity contribution in [3.63, 3.8) is 0 Å². The topological polar surface area (TPSA) is 34.5 Å². The van der Waals surface area contributed by atoms with Gasteiger partial charge in [-0.3, -0.25) is 0 Å². The summed E-state index contributed by atoms with van der Waals surface area (Å²) in [6.45, 7) is 0. The van der Waals surface area contributed by atoms with E-state index in [9.17, 15) is 0 Å². The fraction of sp³-hybridized carbons (Fsp3) is 0. The van der Waals surface area contributed by atoms with Gasteiger partial charge in [0.05, 0.1) is 16.7 Å². The monoisotopic (exact) mass is 848 g/mol. The first-order valence-corrected chi connectivity index (χ1v) is 22.8. The molecule has 10 aromatic carbocycles. The Hall–Kier alpha value is -8.38. The number of benzene rings is 10. The van der Waals surface area contributed by atoms with Gasteiger partial charge in [0, 0.05) is 81.2 Å². The Labute approximate surface area is 377 Å². The number of furan rings is 2. The highest BCUT2D eigenvalue weighted by molar-refractivity contribution is 7.25. The first kappa shape index (κ1) is 36.1. The third-order valence-corrected chi connectivity index (χ3v) is 14.3. The van der Waals surface area contributed by atoms with Crippen molar-refractivity contribution in [2.75, 3.05) is 4.90 Å². The molecule has 4 heterocycles. The van der Waals surface area contributed by atoms with E-state index in [2.05, 4.69) is 210 Å². The Kier molecular flexibility index (Phi) is 7.82. The molecule has 5 heteroatoms. The molecule has 0 unspecified atom stereocenters. The number of rotatable bonds is 6. The second kappa shape index (κ2) is 14.1. The molecule has 4 aromatic heterocycles. The first-order chi connectivity index (χ1) is 32.2. The normalized spacial score (nSPS) is 12.0. The van der Waals surface area contributed by atoms with E-state index < -0.39 is 0 Å². The van der Waals surface area contributed by atoms with Crippen LogP contribution in [0.5, 0.6) is 0 Å². The zero-order valence-electron chi connectivity index (χ0n) is 34.9. The number of nitrogens with zero attached hydrogens (tertiary/aromatic N) is 2.